The van der Waals surface area contributed by atoms with Crippen molar-refractivity contribution in [1.82, 2.24) is 19.4 Å². The Kier molecular flexibility index (Phi) is 4.04. The number of pyridine rings is 1. The van der Waals surface area contributed by atoms with Crippen LogP contribution in [0.3, 0.4) is 0 Å². The van der Waals surface area contributed by atoms with Crippen LogP contribution in [0.4, 0.5) is 0 Å². The smallest absolute Gasteiger partial charge is 0.250 e. The number of amides is 1. The zero-order valence-electron chi connectivity index (χ0n) is 14.8. The molecule has 1 N–H and O–H groups in total. The fourth-order valence-corrected chi connectivity index (χ4v) is 5.11. The van der Waals surface area contributed by atoms with Crippen molar-refractivity contribution in [2.45, 2.75) is 24.0 Å². The van der Waals surface area contributed by atoms with E-state index < -0.39 is 0 Å². The van der Waals surface area contributed by atoms with Gasteiger partial charge in [-0.2, -0.15) is 0 Å². The average molecular weight is 380 g/mol. The van der Waals surface area contributed by atoms with E-state index >= 15 is 0 Å². The molecule has 0 unspecified atom stereocenters. The van der Waals surface area contributed by atoms with Crippen molar-refractivity contribution in [3.8, 4) is 0 Å². The van der Waals surface area contributed by atoms with Crippen LogP contribution >= 0.6 is 11.8 Å². The summed E-state index contributed by atoms with van der Waals surface area (Å²) < 4.78 is 1.89. The Balaban J connectivity index is 1.28. The van der Waals surface area contributed by atoms with Crippen LogP contribution in [0.2, 0.25) is 0 Å². The largest absolute Gasteiger partial charge is 0.341 e. The highest BCUT2D eigenvalue weighted by Crippen LogP contribution is 2.35. The second-order valence-electron chi connectivity index (χ2n) is 7.34. The molecule has 7 heteroatoms. The highest BCUT2D eigenvalue weighted by Gasteiger charge is 2.36. The normalized spacial score (nSPS) is 21.3. The van der Waals surface area contributed by atoms with Crippen molar-refractivity contribution in [1.29, 1.82) is 0 Å². The molecule has 2 aromatic heterocycles. The van der Waals surface area contributed by atoms with Gasteiger partial charge in [0, 0.05) is 37.3 Å². The van der Waals surface area contributed by atoms with Crippen molar-refractivity contribution in [3.05, 3.63) is 58.5 Å². The van der Waals surface area contributed by atoms with E-state index in [2.05, 4.69) is 9.97 Å². The number of carbonyl (C=O) groups is 1. The lowest BCUT2D eigenvalue weighted by Crippen LogP contribution is -2.49. The Hall–Kier alpha value is -2.54. The van der Waals surface area contributed by atoms with Crippen LogP contribution in [-0.4, -0.2) is 44.2 Å². The van der Waals surface area contributed by atoms with Gasteiger partial charge in [0.2, 0.25) is 5.91 Å². The first-order chi connectivity index (χ1) is 13.2. The van der Waals surface area contributed by atoms with Crippen LogP contribution in [0.25, 0.3) is 11.0 Å². The average Bonchev–Trinajstić information content (AvgIpc) is 3.10. The van der Waals surface area contributed by atoms with E-state index in [1.165, 1.54) is 11.8 Å². The summed E-state index contributed by atoms with van der Waals surface area (Å²) in [4.78, 5) is 34.7. The number of nitrogens with one attached hydrogen (secondary N) is 1. The highest BCUT2D eigenvalue weighted by molar-refractivity contribution is 7.99. The quantitative estimate of drug-likeness (QED) is 0.709. The minimum absolute atomic E-state index is 0.0717. The number of aromatic nitrogens is 3. The molecule has 27 heavy (non-hydrogen) atoms. The van der Waals surface area contributed by atoms with Gasteiger partial charge in [-0.05, 0) is 30.5 Å². The number of fused-ring (bicyclic) bond motifs is 5. The summed E-state index contributed by atoms with van der Waals surface area (Å²) >= 11 is 1.45. The number of rotatable bonds is 3. The maximum Gasteiger partial charge on any atom is 0.250 e. The number of H-pyrrole nitrogens is 1. The molecule has 0 radical (unpaired) electrons. The molecule has 2 atom stereocenters. The van der Waals surface area contributed by atoms with E-state index in [0.717, 1.165) is 34.8 Å². The Labute approximate surface area is 160 Å². The van der Waals surface area contributed by atoms with Gasteiger partial charge >= 0.3 is 0 Å². The molecule has 6 nitrogen and oxygen atoms in total. The molecule has 2 bridgehead atoms. The minimum atomic E-state index is 0.0717. The van der Waals surface area contributed by atoms with Gasteiger partial charge in [0.15, 0.2) is 5.16 Å². The summed E-state index contributed by atoms with van der Waals surface area (Å²) in [5.74, 6) is 1.13. The zero-order valence-corrected chi connectivity index (χ0v) is 15.6. The number of aromatic amines is 1. The highest BCUT2D eigenvalue weighted by atomic mass is 32.2. The fraction of sp³-hybridized carbons (Fsp3) is 0.350. The number of nitrogens with zero attached hydrogens (tertiary/aromatic N) is 3. The summed E-state index contributed by atoms with van der Waals surface area (Å²) in [7, 11) is 0. The van der Waals surface area contributed by atoms with Gasteiger partial charge in [0.25, 0.3) is 5.56 Å². The summed E-state index contributed by atoms with van der Waals surface area (Å²) in [6.07, 6.45) is 1.06. The third-order valence-electron chi connectivity index (χ3n) is 5.53. The number of hydrogen-bond donors (Lipinski definition) is 1. The van der Waals surface area contributed by atoms with Gasteiger partial charge < -0.3 is 14.5 Å². The molecule has 2 aliphatic heterocycles. The van der Waals surface area contributed by atoms with Crippen molar-refractivity contribution < 1.29 is 4.79 Å². The molecular formula is C20H20N4O2S. The molecule has 1 amide bonds. The van der Waals surface area contributed by atoms with Crippen LogP contribution in [0, 0.1) is 5.92 Å². The monoisotopic (exact) mass is 380 g/mol. The lowest BCUT2D eigenvalue weighted by molar-refractivity contribution is -0.131. The van der Waals surface area contributed by atoms with Crippen molar-refractivity contribution in [2.24, 2.45) is 5.92 Å². The Morgan fingerprint density at radius 3 is 2.93 bits per heavy atom. The van der Waals surface area contributed by atoms with Crippen LogP contribution < -0.4 is 5.56 Å². The molecule has 1 aromatic carbocycles. The van der Waals surface area contributed by atoms with E-state index in [0.29, 0.717) is 24.8 Å². The number of benzene rings is 1. The van der Waals surface area contributed by atoms with Gasteiger partial charge in [-0.1, -0.05) is 30.0 Å². The molecule has 3 aromatic rings. The second-order valence-corrected chi connectivity index (χ2v) is 8.31. The van der Waals surface area contributed by atoms with Crippen molar-refractivity contribution in [3.63, 3.8) is 0 Å². The molecule has 2 aliphatic rings. The third kappa shape index (κ3) is 3.06. The van der Waals surface area contributed by atoms with Crippen molar-refractivity contribution >= 4 is 28.7 Å². The molecule has 0 aliphatic carbocycles. The molecule has 138 valence electrons. The first kappa shape index (κ1) is 16.6. The lowest BCUT2D eigenvalue weighted by Gasteiger charge is -2.42. The van der Waals surface area contributed by atoms with Gasteiger partial charge in [-0.3, -0.25) is 9.59 Å². The van der Waals surface area contributed by atoms with Gasteiger partial charge in [0.1, 0.15) is 0 Å². The molecule has 0 saturated carbocycles. The number of para-hydroxylation sites is 2. The Morgan fingerprint density at radius 1 is 1.15 bits per heavy atom. The third-order valence-corrected chi connectivity index (χ3v) is 6.39. The Bertz CT molecular complexity index is 1040. The van der Waals surface area contributed by atoms with Crippen LogP contribution in [0.5, 0.6) is 0 Å². The van der Waals surface area contributed by atoms with E-state index in [4.69, 9.17) is 0 Å². The van der Waals surface area contributed by atoms with Crippen LogP contribution in [0.15, 0.2) is 52.4 Å². The van der Waals surface area contributed by atoms with Gasteiger partial charge in [-0.25, -0.2) is 4.98 Å². The number of thioether (sulfide) groups is 1. The molecule has 4 heterocycles. The summed E-state index contributed by atoms with van der Waals surface area (Å²) in [6.45, 7) is 2.14. The maximum atomic E-state index is 12.8. The minimum Gasteiger partial charge on any atom is -0.341 e. The predicted octanol–water partition coefficient (Wildman–Crippen LogP) is 2.46. The van der Waals surface area contributed by atoms with E-state index in [1.807, 2.05) is 45.9 Å². The topological polar surface area (TPSA) is 71.0 Å². The van der Waals surface area contributed by atoms with Gasteiger partial charge in [0.05, 0.1) is 16.8 Å². The standard InChI is InChI=1S/C20H20N4O2S/c25-18-7-3-6-17-14-8-13(10-24(17)18)9-23(11-14)19(26)12-27-20-21-15-4-1-2-5-16(15)22-20/h1-7,13-14H,8-12H2,(H,21,22)/t13-,14-/m0/s1. The summed E-state index contributed by atoms with van der Waals surface area (Å²) in [5, 5.41) is 0.777. The summed E-state index contributed by atoms with van der Waals surface area (Å²) in [5.41, 5.74) is 3.05. The molecular weight excluding hydrogens is 360 g/mol. The second kappa shape index (κ2) is 6.56. The molecule has 5 rings (SSSR count). The van der Waals surface area contributed by atoms with Crippen LogP contribution in [-0.2, 0) is 11.3 Å². The molecule has 1 saturated heterocycles. The van der Waals surface area contributed by atoms with E-state index in [9.17, 15) is 9.59 Å². The van der Waals surface area contributed by atoms with Crippen molar-refractivity contribution in [2.75, 3.05) is 18.8 Å². The number of imidazole rings is 1. The first-order valence-electron chi connectivity index (χ1n) is 9.22. The van der Waals surface area contributed by atoms with Crippen LogP contribution in [0.1, 0.15) is 18.0 Å². The van der Waals surface area contributed by atoms with E-state index in [1.54, 1.807) is 6.07 Å². The number of likely N-dealkylation sites (tertiary alicyclic amines) is 1. The fourth-order valence-electron chi connectivity index (χ4n) is 4.32. The zero-order chi connectivity index (χ0) is 18.4. The first-order valence-corrected chi connectivity index (χ1v) is 10.2. The Morgan fingerprint density at radius 2 is 2.04 bits per heavy atom. The summed E-state index contributed by atoms with van der Waals surface area (Å²) in [6, 6.07) is 13.3. The van der Waals surface area contributed by atoms with E-state index in [-0.39, 0.29) is 17.4 Å². The number of piperidine rings is 1. The molecule has 1 fully saturated rings. The SMILES string of the molecule is O=C(CSc1nc2ccccc2[nH]1)N1C[C@@H]2C[C@@H](C1)c1cccc(=O)n1C2. The predicted molar refractivity (Wildman–Crippen MR) is 105 cm³/mol. The lowest BCUT2D eigenvalue weighted by atomic mass is 9.83. The number of hydrogen-bond acceptors (Lipinski definition) is 4. The van der Waals surface area contributed by atoms with Gasteiger partial charge in [-0.15, -0.1) is 0 Å². The maximum absolute atomic E-state index is 12.8. The molecule has 0 spiro atoms. The number of carbonyl (C=O) groups excluding carboxylic acids is 1.